The summed E-state index contributed by atoms with van der Waals surface area (Å²) in [6.45, 7) is 2.50. The smallest absolute Gasteiger partial charge is 0.329 e. The van der Waals surface area contributed by atoms with Crippen molar-refractivity contribution in [1.29, 1.82) is 0 Å². The van der Waals surface area contributed by atoms with Gasteiger partial charge in [0.05, 0.1) is 0 Å². The quantitative estimate of drug-likeness (QED) is 0.797. The first-order valence-corrected chi connectivity index (χ1v) is 7.35. The molecule has 1 saturated carbocycles. The second-order valence-corrected chi connectivity index (χ2v) is 5.86. The molecule has 0 saturated heterocycles. The lowest BCUT2D eigenvalue weighted by atomic mass is 9.77. The van der Waals surface area contributed by atoms with Gasteiger partial charge in [-0.3, -0.25) is 0 Å². The summed E-state index contributed by atoms with van der Waals surface area (Å²) in [5.41, 5.74) is -0.137. The van der Waals surface area contributed by atoms with E-state index >= 15 is 0 Å². The van der Waals surface area contributed by atoms with E-state index in [0.29, 0.717) is 25.3 Å². The van der Waals surface area contributed by atoms with Gasteiger partial charge in [0, 0.05) is 6.54 Å². The molecule has 0 aromatic heterocycles. The van der Waals surface area contributed by atoms with E-state index in [1.165, 1.54) is 0 Å². The molecule has 5 heteroatoms. The Bertz CT molecular complexity index is 494. The largest absolute Gasteiger partial charge is 0.480 e. The predicted octanol–water partition coefficient (Wildman–Crippen LogP) is 2.52. The molecule has 1 aromatic rings. The molecule has 1 fully saturated rings. The van der Waals surface area contributed by atoms with Gasteiger partial charge >= 0.3 is 12.0 Å². The van der Waals surface area contributed by atoms with Crippen LogP contribution in [0.4, 0.5) is 4.79 Å². The average Bonchev–Trinajstić information content (AvgIpc) is 2.48. The molecule has 0 unspecified atom stereocenters. The summed E-state index contributed by atoms with van der Waals surface area (Å²) in [7, 11) is 0. The Balaban J connectivity index is 1.91. The Morgan fingerprint density at radius 3 is 2.43 bits per heavy atom. The fourth-order valence-corrected chi connectivity index (χ4v) is 2.69. The Labute approximate surface area is 124 Å². The van der Waals surface area contributed by atoms with E-state index in [-0.39, 0.29) is 0 Å². The number of nitrogens with one attached hydrogen (secondary N) is 2. The standard InChI is InChI=1S/C16H22N2O3/c1-12-7-9-16(10-8-12,14(19)20)18-15(21)17-11-13-5-3-2-4-6-13/h2-6,12H,7-11H2,1H3,(H,19,20)(H2,17,18,21). The van der Waals surface area contributed by atoms with Gasteiger partial charge in [-0.05, 0) is 37.2 Å². The number of hydrogen-bond donors (Lipinski definition) is 3. The first kappa shape index (κ1) is 15.4. The lowest BCUT2D eigenvalue weighted by molar-refractivity contribution is -0.146. The fraction of sp³-hybridized carbons (Fsp3) is 0.500. The van der Waals surface area contributed by atoms with Crippen molar-refractivity contribution < 1.29 is 14.7 Å². The van der Waals surface area contributed by atoms with E-state index in [9.17, 15) is 14.7 Å². The topological polar surface area (TPSA) is 78.4 Å². The van der Waals surface area contributed by atoms with E-state index in [1.807, 2.05) is 30.3 Å². The maximum Gasteiger partial charge on any atom is 0.329 e. The highest BCUT2D eigenvalue weighted by Crippen LogP contribution is 2.32. The van der Waals surface area contributed by atoms with Gasteiger partial charge in [-0.15, -0.1) is 0 Å². The summed E-state index contributed by atoms with van der Waals surface area (Å²) in [5, 5.41) is 14.9. The van der Waals surface area contributed by atoms with Crippen molar-refractivity contribution >= 4 is 12.0 Å². The van der Waals surface area contributed by atoms with Crippen LogP contribution < -0.4 is 10.6 Å². The molecular weight excluding hydrogens is 268 g/mol. The molecule has 0 atom stereocenters. The number of rotatable bonds is 4. The van der Waals surface area contributed by atoms with Crippen LogP contribution in [-0.2, 0) is 11.3 Å². The Morgan fingerprint density at radius 2 is 1.86 bits per heavy atom. The van der Waals surface area contributed by atoms with Gasteiger partial charge < -0.3 is 15.7 Å². The molecule has 1 aliphatic carbocycles. The van der Waals surface area contributed by atoms with Crippen LogP contribution in [0.1, 0.15) is 38.2 Å². The first-order chi connectivity index (χ1) is 10.0. The summed E-state index contributed by atoms with van der Waals surface area (Å²) in [4.78, 5) is 23.5. The molecule has 2 rings (SSSR count). The van der Waals surface area contributed by atoms with Crippen molar-refractivity contribution in [3.05, 3.63) is 35.9 Å². The minimum Gasteiger partial charge on any atom is -0.480 e. The number of hydrogen-bond acceptors (Lipinski definition) is 2. The molecule has 3 N–H and O–H groups in total. The minimum absolute atomic E-state index is 0.388. The number of aliphatic carboxylic acids is 1. The second-order valence-electron chi connectivity index (χ2n) is 5.86. The average molecular weight is 290 g/mol. The molecular formula is C16H22N2O3. The van der Waals surface area contributed by atoms with Gasteiger partial charge in [-0.2, -0.15) is 0 Å². The zero-order valence-corrected chi connectivity index (χ0v) is 12.3. The van der Waals surface area contributed by atoms with Crippen LogP contribution >= 0.6 is 0 Å². The highest BCUT2D eigenvalue weighted by molar-refractivity contribution is 5.86. The molecule has 0 spiro atoms. The number of amides is 2. The molecule has 21 heavy (non-hydrogen) atoms. The fourth-order valence-electron chi connectivity index (χ4n) is 2.69. The van der Waals surface area contributed by atoms with Crippen LogP contribution in [0.3, 0.4) is 0 Å². The monoisotopic (exact) mass is 290 g/mol. The molecule has 5 nitrogen and oxygen atoms in total. The normalized spacial score (nSPS) is 25.1. The molecule has 2 amide bonds. The number of urea groups is 1. The highest BCUT2D eigenvalue weighted by atomic mass is 16.4. The first-order valence-electron chi connectivity index (χ1n) is 7.35. The lowest BCUT2D eigenvalue weighted by Crippen LogP contribution is -2.58. The van der Waals surface area contributed by atoms with Crippen molar-refractivity contribution in [2.24, 2.45) is 5.92 Å². The third kappa shape index (κ3) is 3.97. The molecule has 0 radical (unpaired) electrons. The summed E-state index contributed by atoms with van der Waals surface area (Å²) in [6, 6.07) is 9.11. The van der Waals surface area contributed by atoms with E-state index in [2.05, 4.69) is 17.6 Å². The summed E-state index contributed by atoms with van der Waals surface area (Å²) >= 11 is 0. The van der Waals surface area contributed by atoms with Gasteiger partial charge in [0.15, 0.2) is 0 Å². The van der Waals surface area contributed by atoms with E-state index in [1.54, 1.807) is 0 Å². The summed E-state index contributed by atoms with van der Waals surface area (Å²) < 4.78 is 0. The summed E-state index contributed by atoms with van der Waals surface area (Å²) in [6.07, 6.45) is 2.63. The van der Waals surface area contributed by atoms with E-state index in [0.717, 1.165) is 18.4 Å². The zero-order chi connectivity index (χ0) is 15.3. The van der Waals surface area contributed by atoms with Gasteiger partial charge in [-0.25, -0.2) is 9.59 Å². The SMILES string of the molecule is CC1CCC(NC(=O)NCc2ccccc2)(C(=O)O)CC1. The molecule has 0 bridgehead atoms. The van der Waals surface area contributed by atoms with Crippen molar-refractivity contribution in [2.75, 3.05) is 0 Å². The molecule has 1 aliphatic rings. The summed E-state index contributed by atoms with van der Waals surface area (Å²) in [5.74, 6) is -0.420. The van der Waals surface area contributed by atoms with Crippen molar-refractivity contribution in [1.82, 2.24) is 10.6 Å². The van der Waals surface area contributed by atoms with Crippen molar-refractivity contribution in [3.63, 3.8) is 0 Å². The number of benzene rings is 1. The highest BCUT2D eigenvalue weighted by Gasteiger charge is 2.42. The third-order valence-corrected chi connectivity index (χ3v) is 4.19. The Hall–Kier alpha value is -2.04. The van der Waals surface area contributed by atoms with Crippen LogP contribution in [0.5, 0.6) is 0 Å². The maximum absolute atomic E-state index is 12.0. The minimum atomic E-state index is -1.12. The van der Waals surface area contributed by atoms with E-state index in [4.69, 9.17) is 0 Å². The van der Waals surface area contributed by atoms with Crippen molar-refractivity contribution in [3.8, 4) is 0 Å². The van der Waals surface area contributed by atoms with Gasteiger partial charge in [0.1, 0.15) is 5.54 Å². The van der Waals surface area contributed by atoms with Crippen LogP contribution in [0.15, 0.2) is 30.3 Å². The number of carbonyl (C=O) groups excluding carboxylic acids is 1. The number of carboxylic acid groups (broad SMARTS) is 1. The zero-order valence-electron chi connectivity index (χ0n) is 12.3. The number of carboxylic acids is 1. The van der Waals surface area contributed by atoms with Crippen LogP contribution in [0.2, 0.25) is 0 Å². The Kier molecular flexibility index (Phi) is 4.83. The second kappa shape index (κ2) is 6.61. The van der Waals surface area contributed by atoms with E-state index < -0.39 is 17.5 Å². The molecule has 0 heterocycles. The Morgan fingerprint density at radius 1 is 1.24 bits per heavy atom. The molecule has 114 valence electrons. The van der Waals surface area contributed by atoms with Gasteiger partial charge in [-0.1, -0.05) is 37.3 Å². The predicted molar refractivity (Wildman–Crippen MR) is 79.8 cm³/mol. The molecule has 1 aromatic carbocycles. The van der Waals surface area contributed by atoms with Crippen molar-refractivity contribution in [2.45, 2.75) is 44.7 Å². The third-order valence-electron chi connectivity index (χ3n) is 4.19. The number of carbonyl (C=O) groups is 2. The maximum atomic E-state index is 12.0. The van der Waals surface area contributed by atoms with Crippen LogP contribution in [0.25, 0.3) is 0 Å². The lowest BCUT2D eigenvalue weighted by Gasteiger charge is -2.36. The van der Waals surface area contributed by atoms with Gasteiger partial charge in [0.2, 0.25) is 0 Å². The van der Waals surface area contributed by atoms with Crippen LogP contribution in [-0.4, -0.2) is 22.6 Å². The van der Waals surface area contributed by atoms with Crippen LogP contribution in [0, 0.1) is 5.92 Å². The van der Waals surface area contributed by atoms with Gasteiger partial charge in [0.25, 0.3) is 0 Å². The molecule has 0 aliphatic heterocycles.